The first kappa shape index (κ1) is 18.6. The zero-order valence-electron chi connectivity index (χ0n) is 14.1. The summed E-state index contributed by atoms with van der Waals surface area (Å²) in [6.07, 6.45) is -2.22. The molecule has 1 fully saturated rings. The van der Waals surface area contributed by atoms with E-state index < -0.39 is 29.9 Å². The number of ether oxygens (including phenoxy) is 4. The molecule has 25 heavy (non-hydrogen) atoms. The fourth-order valence-corrected chi connectivity index (χ4v) is 5.13. The molecule has 0 amide bonds. The number of esters is 2. The van der Waals surface area contributed by atoms with E-state index in [-0.39, 0.29) is 13.2 Å². The van der Waals surface area contributed by atoms with Gasteiger partial charge in [-0.15, -0.1) is 23.5 Å². The Morgan fingerprint density at radius 3 is 1.84 bits per heavy atom. The van der Waals surface area contributed by atoms with E-state index in [1.165, 1.54) is 0 Å². The number of fused-ring (bicyclic) bond motifs is 1. The van der Waals surface area contributed by atoms with Gasteiger partial charge in [0, 0.05) is 9.79 Å². The highest BCUT2D eigenvalue weighted by molar-refractivity contribution is 8.03. The third-order valence-electron chi connectivity index (χ3n) is 3.74. The van der Waals surface area contributed by atoms with Crippen LogP contribution in [0.1, 0.15) is 13.8 Å². The molecule has 2 aliphatic rings. The summed E-state index contributed by atoms with van der Waals surface area (Å²) in [5.41, 5.74) is 0. The Morgan fingerprint density at radius 1 is 1.00 bits per heavy atom. The summed E-state index contributed by atoms with van der Waals surface area (Å²) in [7, 11) is 0. The Labute approximate surface area is 154 Å². The first-order valence-electron chi connectivity index (χ1n) is 8.12. The van der Waals surface area contributed by atoms with Gasteiger partial charge in [0.2, 0.25) is 0 Å². The molecule has 6 nitrogen and oxygen atoms in total. The van der Waals surface area contributed by atoms with Gasteiger partial charge >= 0.3 is 11.9 Å². The lowest BCUT2D eigenvalue weighted by atomic mass is 10.2. The highest BCUT2D eigenvalue weighted by atomic mass is 32.2. The van der Waals surface area contributed by atoms with Crippen LogP contribution in [0.15, 0.2) is 34.1 Å². The van der Waals surface area contributed by atoms with Crippen molar-refractivity contribution in [1.29, 1.82) is 0 Å². The average molecular weight is 384 g/mol. The second-order valence-electron chi connectivity index (χ2n) is 5.52. The zero-order chi connectivity index (χ0) is 17.9. The Bertz CT molecular complexity index is 595. The molecule has 0 saturated carbocycles. The molecule has 2 aliphatic heterocycles. The van der Waals surface area contributed by atoms with Gasteiger partial charge in [0.05, 0.1) is 24.7 Å². The summed E-state index contributed by atoms with van der Waals surface area (Å²) in [6, 6.07) is 8.02. The molecule has 0 aliphatic carbocycles. The summed E-state index contributed by atoms with van der Waals surface area (Å²) >= 11 is 3.17. The molecule has 136 valence electrons. The molecule has 1 saturated heterocycles. The molecule has 0 N–H and O–H groups in total. The van der Waals surface area contributed by atoms with Gasteiger partial charge in [-0.3, -0.25) is 0 Å². The van der Waals surface area contributed by atoms with Gasteiger partial charge in [-0.05, 0) is 26.0 Å². The van der Waals surface area contributed by atoms with Crippen molar-refractivity contribution in [2.45, 2.75) is 41.6 Å². The standard InChI is InChI=1S/C17H20O6S2/c1-3-20-15(18)13-14(16(19)21-4-2)23-17(22-13)9-24-11-7-5-6-8-12(11)25-10-17/h5-8,13-14H,3-4,9-10H2,1-2H3/t13-,14-/m1/s1. The number of hydrogen-bond acceptors (Lipinski definition) is 8. The summed E-state index contributed by atoms with van der Waals surface area (Å²) in [6.45, 7) is 3.82. The van der Waals surface area contributed by atoms with Crippen LogP contribution in [0.4, 0.5) is 0 Å². The van der Waals surface area contributed by atoms with Gasteiger partial charge in [0.1, 0.15) is 0 Å². The van der Waals surface area contributed by atoms with Gasteiger partial charge in [-0.25, -0.2) is 9.59 Å². The fraction of sp³-hybridized carbons (Fsp3) is 0.529. The van der Waals surface area contributed by atoms with Crippen LogP contribution in [0, 0.1) is 0 Å². The minimum Gasteiger partial charge on any atom is -0.464 e. The van der Waals surface area contributed by atoms with Gasteiger partial charge in [-0.2, -0.15) is 0 Å². The fourth-order valence-electron chi connectivity index (χ4n) is 2.65. The second-order valence-corrected chi connectivity index (χ2v) is 7.55. The highest BCUT2D eigenvalue weighted by Crippen LogP contribution is 2.44. The normalized spacial score (nSPS) is 24.4. The molecule has 0 unspecified atom stereocenters. The van der Waals surface area contributed by atoms with E-state index in [0.29, 0.717) is 11.5 Å². The van der Waals surface area contributed by atoms with E-state index in [2.05, 4.69) is 0 Å². The predicted octanol–water partition coefficient (Wildman–Crippen LogP) is 2.49. The van der Waals surface area contributed by atoms with Crippen LogP contribution in [0.3, 0.4) is 0 Å². The number of hydrogen-bond donors (Lipinski definition) is 0. The molecule has 1 aromatic carbocycles. The average Bonchev–Trinajstić information content (AvgIpc) is 2.90. The van der Waals surface area contributed by atoms with Crippen molar-refractivity contribution in [3.05, 3.63) is 24.3 Å². The lowest BCUT2D eigenvalue weighted by Crippen LogP contribution is -2.39. The molecule has 1 spiro atoms. The van der Waals surface area contributed by atoms with Crippen LogP contribution in [0.25, 0.3) is 0 Å². The van der Waals surface area contributed by atoms with Gasteiger partial charge in [0.25, 0.3) is 0 Å². The Morgan fingerprint density at radius 2 is 1.44 bits per heavy atom. The second kappa shape index (κ2) is 7.99. The van der Waals surface area contributed by atoms with Gasteiger partial charge < -0.3 is 18.9 Å². The monoisotopic (exact) mass is 384 g/mol. The highest BCUT2D eigenvalue weighted by Gasteiger charge is 2.55. The van der Waals surface area contributed by atoms with E-state index in [0.717, 1.165) is 9.79 Å². The van der Waals surface area contributed by atoms with E-state index in [1.54, 1.807) is 37.4 Å². The lowest BCUT2D eigenvalue weighted by Gasteiger charge is -2.25. The number of carbonyl (C=O) groups excluding carboxylic acids is 2. The van der Waals surface area contributed by atoms with Gasteiger partial charge in [-0.1, -0.05) is 12.1 Å². The molecule has 2 atom stereocenters. The summed E-state index contributed by atoms with van der Waals surface area (Å²) in [4.78, 5) is 26.7. The lowest BCUT2D eigenvalue weighted by molar-refractivity contribution is -0.169. The van der Waals surface area contributed by atoms with Gasteiger partial charge in [0.15, 0.2) is 18.0 Å². The minimum atomic E-state index is -1.11. The van der Waals surface area contributed by atoms with E-state index in [9.17, 15) is 9.59 Å². The number of thioether (sulfide) groups is 2. The number of benzene rings is 1. The van der Waals surface area contributed by atoms with Crippen molar-refractivity contribution in [3.8, 4) is 0 Å². The van der Waals surface area contributed by atoms with Crippen molar-refractivity contribution >= 4 is 35.5 Å². The Hall–Kier alpha value is -1.22. The van der Waals surface area contributed by atoms with Crippen LogP contribution in [0.2, 0.25) is 0 Å². The maximum absolute atomic E-state index is 12.2. The quantitative estimate of drug-likeness (QED) is 0.734. The predicted molar refractivity (Wildman–Crippen MR) is 93.6 cm³/mol. The molecule has 1 aromatic rings. The third-order valence-corrected chi connectivity index (χ3v) is 6.37. The number of carbonyl (C=O) groups is 2. The van der Waals surface area contributed by atoms with Crippen molar-refractivity contribution in [2.24, 2.45) is 0 Å². The van der Waals surface area contributed by atoms with Crippen molar-refractivity contribution in [3.63, 3.8) is 0 Å². The smallest absolute Gasteiger partial charge is 0.338 e. The zero-order valence-corrected chi connectivity index (χ0v) is 15.7. The summed E-state index contributed by atoms with van der Waals surface area (Å²) < 4.78 is 22.0. The largest absolute Gasteiger partial charge is 0.464 e. The first-order chi connectivity index (χ1) is 12.1. The molecule has 2 heterocycles. The van der Waals surface area contributed by atoms with Crippen molar-refractivity contribution in [2.75, 3.05) is 24.7 Å². The minimum absolute atomic E-state index is 0.205. The maximum Gasteiger partial charge on any atom is 0.338 e. The molecule has 8 heteroatoms. The summed E-state index contributed by atoms with van der Waals surface area (Å²) in [5.74, 6) is -1.29. The molecule has 3 rings (SSSR count). The molecule has 0 radical (unpaired) electrons. The molecule has 0 bridgehead atoms. The number of rotatable bonds is 4. The maximum atomic E-state index is 12.2. The van der Waals surface area contributed by atoms with Crippen molar-refractivity contribution < 1.29 is 28.5 Å². The Balaban J connectivity index is 1.81. The topological polar surface area (TPSA) is 71.1 Å². The third kappa shape index (κ3) is 3.97. The van der Waals surface area contributed by atoms with E-state index in [4.69, 9.17) is 18.9 Å². The summed E-state index contributed by atoms with van der Waals surface area (Å²) in [5, 5.41) is 0. The van der Waals surface area contributed by atoms with Crippen LogP contribution in [0.5, 0.6) is 0 Å². The van der Waals surface area contributed by atoms with E-state index in [1.807, 2.05) is 24.3 Å². The first-order valence-corrected chi connectivity index (χ1v) is 10.1. The SMILES string of the molecule is CCOC(=O)[C@@H]1OC2(CSc3ccccc3SC2)O[C@H]1C(=O)OCC. The molecular weight excluding hydrogens is 364 g/mol. The van der Waals surface area contributed by atoms with Crippen LogP contribution >= 0.6 is 23.5 Å². The van der Waals surface area contributed by atoms with Crippen LogP contribution < -0.4 is 0 Å². The van der Waals surface area contributed by atoms with Crippen molar-refractivity contribution in [1.82, 2.24) is 0 Å². The van der Waals surface area contributed by atoms with Crippen LogP contribution in [-0.2, 0) is 28.5 Å². The molecule has 0 aromatic heterocycles. The molecular formula is C17H20O6S2. The van der Waals surface area contributed by atoms with E-state index >= 15 is 0 Å². The Kier molecular flexibility index (Phi) is 5.93. The van der Waals surface area contributed by atoms with Crippen LogP contribution in [-0.4, -0.2) is 54.7 Å².